The molecular weight excluding hydrogens is 340 g/mol. The topological polar surface area (TPSA) is 24.1 Å². The van der Waals surface area contributed by atoms with Crippen LogP contribution in [0.5, 0.6) is 0 Å². The van der Waals surface area contributed by atoms with Gasteiger partial charge in [0.1, 0.15) is 0 Å². The molecule has 0 spiro atoms. The Morgan fingerprint density at radius 3 is 1.21 bits per heavy atom. The van der Waals surface area contributed by atoms with E-state index in [0.717, 1.165) is 0 Å². The second-order valence-electron chi connectivity index (χ2n) is 8.78. The predicted octanol–water partition coefficient (Wildman–Crippen LogP) is 6.31. The van der Waals surface area contributed by atoms with Crippen LogP contribution in [-0.2, 0) is 0 Å². The molecule has 2 aliphatic rings. The number of rotatable bonds is 7. The molecule has 0 saturated heterocycles. The lowest BCUT2D eigenvalue weighted by Crippen LogP contribution is -2.44. The van der Waals surface area contributed by atoms with Gasteiger partial charge in [0.2, 0.25) is 0 Å². The van der Waals surface area contributed by atoms with Gasteiger partial charge in [0, 0.05) is 12.1 Å². The number of hydrogen-bond acceptors (Lipinski definition) is 2. The normalized spacial score (nSPS) is 21.3. The zero-order chi connectivity index (χ0) is 19.0. The first-order chi connectivity index (χ1) is 13.9. The summed E-state index contributed by atoms with van der Waals surface area (Å²) in [5, 5.41) is 8.20. The van der Waals surface area contributed by atoms with Gasteiger partial charge in [-0.2, -0.15) is 0 Å². The van der Waals surface area contributed by atoms with Gasteiger partial charge in [-0.3, -0.25) is 0 Å². The van der Waals surface area contributed by atoms with Gasteiger partial charge in [-0.15, -0.1) is 0 Å². The van der Waals surface area contributed by atoms with Gasteiger partial charge in [-0.1, -0.05) is 99.2 Å². The van der Waals surface area contributed by atoms with E-state index < -0.39 is 0 Å². The van der Waals surface area contributed by atoms with E-state index in [4.69, 9.17) is 0 Å². The van der Waals surface area contributed by atoms with E-state index in [2.05, 4.69) is 71.3 Å². The zero-order valence-electron chi connectivity index (χ0n) is 17.2. The summed E-state index contributed by atoms with van der Waals surface area (Å²) < 4.78 is 0. The molecule has 2 aromatic carbocycles. The Labute approximate surface area is 171 Å². The number of benzene rings is 2. The van der Waals surface area contributed by atoms with Gasteiger partial charge in [0.25, 0.3) is 0 Å². The third kappa shape index (κ3) is 5.24. The third-order valence-corrected chi connectivity index (χ3v) is 6.69. The standard InChI is InChI=1S/C26H36N2/c1-5-13-21(14-6-1)25(27-23-17-9-3-10-18-23)26(22-15-7-2-8-16-22)28-24-19-11-4-12-20-24/h1-2,5-8,13-16,23-28H,3-4,9-12,17-20H2. The van der Waals surface area contributed by atoms with Crippen molar-refractivity contribution in [3.8, 4) is 0 Å². The Balaban J connectivity index is 1.62. The number of hydrogen-bond donors (Lipinski definition) is 2. The van der Waals surface area contributed by atoms with Crippen molar-refractivity contribution in [2.75, 3.05) is 0 Å². The van der Waals surface area contributed by atoms with Gasteiger partial charge in [0.05, 0.1) is 12.1 Å². The maximum absolute atomic E-state index is 4.10. The van der Waals surface area contributed by atoms with Gasteiger partial charge < -0.3 is 10.6 Å². The highest BCUT2D eigenvalue weighted by molar-refractivity contribution is 5.28. The van der Waals surface area contributed by atoms with Crippen molar-refractivity contribution in [2.24, 2.45) is 0 Å². The molecule has 2 atom stereocenters. The Bertz CT molecular complexity index is 611. The molecule has 0 amide bonds. The first-order valence-electron chi connectivity index (χ1n) is 11.5. The summed E-state index contributed by atoms with van der Waals surface area (Å²) in [6, 6.07) is 24.1. The van der Waals surface area contributed by atoms with Crippen molar-refractivity contribution in [1.29, 1.82) is 0 Å². The summed E-state index contributed by atoms with van der Waals surface area (Å²) in [6.07, 6.45) is 13.5. The van der Waals surface area contributed by atoms with Crippen LogP contribution in [-0.4, -0.2) is 12.1 Å². The van der Waals surface area contributed by atoms with Crippen LogP contribution in [0.4, 0.5) is 0 Å². The summed E-state index contributed by atoms with van der Waals surface area (Å²) in [4.78, 5) is 0. The molecule has 0 aromatic heterocycles. The fraction of sp³-hybridized carbons (Fsp3) is 0.538. The van der Waals surface area contributed by atoms with E-state index in [1.807, 2.05) is 0 Å². The fourth-order valence-electron chi connectivity index (χ4n) is 5.14. The van der Waals surface area contributed by atoms with E-state index in [0.29, 0.717) is 24.2 Å². The average molecular weight is 377 g/mol. The van der Waals surface area contributed by atoms with Crippen molar-refractivity contribution in [2.45, 2.75) is 88.4 Å². The molecule has 2 fully saturated rings. The van der Waals surface area contributed by atoms with Gasteiger partial charge >= 0.3 is 0 Å². The van der Waals surface area contributed by atoms with Gasteiger partial charge in [0.15, 0.2) is 0 Å². The van der Waals surface area contributed by atoms with Crippen LogP contribution in [0, 0.1) is 0 Å². The maximum Gasteiger partial charge on any atom is 0.0520 e. The van der Waals surface area contributed by atoms with Crippen molar-refractivity contribution in [3.05, 3.63) is 71.8 Å². The lowest BCUT2D eigenvalue weighted by atomic mass is 9.87. The minimum atomic E-state index is 0.314. The quantitative estimate of drug-likeness (QED) is 0.591. The Kier molecular flexibility index (Phi) is 7.18. The summed E-state index contributed by atoms with van der Waals surface area (Å²) in [7, 11) is 0. The highest BCUT2D eigenvalue weighted by Crippen LogP contribution is 2.33. The lowest BCUT2D eigenvalue weighted by molar-refractivity contribution is 0.261. The minimum Gasteiger partial charge on any atom is -0.306 e. The summed E-state index contributed by atoms with van der Waals surface area (Å²) in [5.41, 5.74) is 2.82. The fourth-order valence-corrected chi connectivity index (χ4v) is 5.14. The summed E-state index contributed by atoms with van der Waals surface area (Å²) in [5.74, 6) is 0. The molecule has 2 saturated carbocycles. The number of nitrogens with one attached hydrogen (secondary N) is 2. The van der Waals surface area contributed by atoms with Gasteiger partial charge in [-0.25, -0.2) is 0 Å². The molecule has 28 heavy (non-hydrogen) atoms. The lowest BCUT2D eigenvalue weighted by Gasteiger charge is -2.37. The largest absolute Gasteiger partial charge is 0.306 e. The molecule has 0 bridgehead atoms. The minimum absolute atomic E-state index is 0.314. The van der Waals surface area contributed by atoms with Crippen molar-refractivity contribution < 1.29 is 0 Å². The second kappa shape index (κ2) is 10.2. The van der Waals surface area contributed by atoms with Crippen LogP contribution < -0.4 is 10.6 Å². The molecule has 150 valence electrons. The van der Waals surface area contributed by atoms with E-state index >= 15 is 0 Å². The monoisotopic (exact) mass is 376 g/mol. The van der Waals surface area contributed by atoms with Crippen molar-refractivity contribution in [1.82, 2.24) is 10.6 Å². The summed E-state index contributed by atoms with van der Waals surface area (Å²) >= 11 is 0. The van der Waals surface area contributed by atoms with Crippen molar-refractivity contribution >= 4 is 0 Å². The van der Waals surface area contributed by atoms with Crippen molar-refractivity contribution in [3.63, 3.8) is 0 Å². The highest BCUT2D eigenvalue weighted by atomic mass is 15.1. The van der Waals surface area contributed by atoms with E-state index in [9.17, 15) is 0 Å². The molecule has 4 rings (SSSR count). The third-order valence-electron chi connectivity index (χ3n) is 6.69. The second-order valence-corrected chi connectivity index (χ2v) is 8.78. The SMILES string of the molecule is c1ccc(C(NC2CCCCC2)C(NC2CCCCC2)c2ccccc2)cc1. The molecular formula is C26H36N2. The maximum atomic E-state index is 4.10. The van der Waals surface area contributed by atoms with Crippen LogP contribution in [0.2, 0.25) is 0 Å². The van der Waals surface area contributed by atoms with E-state index in [-0.39, 0.29) is 0 Å². The molecule has 2 N–H and O–H groups in total. The zero-order valence-corrected chi connectivity index (χ0v) is 17.2. The molecule has 0 heterocycles. The molecule has 0 aliphatic heterocycles. The Hall–Kier alpha value is -1.64. The summed E-state index contributed by atoms with van der Waals surface area (Å²) in [6.45, 7) is 0. The highest BCUT2D eigenvalue weighted by Gasteiger charge is 2.29. The van der Waals surface area contributed by atoms with Crippen LogP contribution in [0.25, 0.3) is 0 Å². The Morgan fingerprint density at radius 1 is 0.500 bits per heavy atom. The molecule has 2 aliphatic carbocycles. The molecule has 2 heteroatoms. The van der Waals surface area contributed by atoms with Gasteiger partial charge in [-0.05, 0) is 36.8 Å². The smallest absolute Gasteiger partial charge is 0.0520 e. The van der Waals surface area contributed by atoms with Crippen LogP contribution >= 0.6 is 0 Å². The van der Waals surface area contributed by atoms with E-state index in [1.165, 1.54) is 75.3 Å². The molecule has 2 aromatic rings. The van der Waals surface area contributed by atoms with Crippen LogP contribution in [0.15, 0.2) is 60.7 Å². The molecule has 0 radical (unpaired) electrons. The van der Waals surface area contributed by atoms with Crippen LogP contribution in [0.1, 0.15) is 87.4 Å². The first kappa shape index (κ1) is 19.7. The molecule has 2 unspecified atom stereocenters. The predicted molar refractivity (Wildman–Crippen MR) is 118 cm³/mol. The van der Waals surface area contributed by atoms with E-state index in [1.54, 1.807) is 0 Å². The molecule has 2 nitrogen and oxygen atoms in total. The first-order valence-corrected chi connectivity index (χ1v) is 11.5. The average Bonchev–Trinajstić information content (AvgIpc) is 2.79. The van der Waals surface area contributed by atoms with Crippen LogP contribution in [0.3, 0.4) is 0 Å². The Morgan fingerprint density at radius 2 is 0.857 bits per heavy atom.